The van der Waals surface area contributed by atoms with Gasteiger partial charge in [0, 0.05) is 31.4 Å². The van der Waals surface area contributed by atoms with Crippen molar-refractivity contribution in [3.05, 3.63) is 54.0 Å². The third-order valence-electron chi connectivity index (χ3n) is 7.89. The summed E-state index contributed by atoms with van der Waals surface area (Å²) in [6.07, 6.45) is 8.84. The number of benzene rings is 1. The van der Waals surface area contributed by atoms with E-state index in [1.165, 1.54) is 25.0 Å². The molecule has 1 aromatic heterocycles. The van der Waals surface area contributed by atoms with E-state index in [1.54, 1.807) is 30.0 Å². The molecule has 3 aliphatic carbocycles. The number of likely N-dealkylation sites (tertiary alicyclic amines) is 1. The number of nitrogens with zero attached hydrogens (tertiary/aromatic N) is 3. The average molecular weight is 438 g/mol. The Hall–Kier alpha value is -2.67. The van der Waals surface area contributed by atoms with Crippen LogP contribution < -0.4 is 10.6 Å². The van der Waals surface area contributed by atoms with Crippen LogP contribution in [0.4, 0.5) is 20.7 Å². The maximum absolute atomic E-state index is 13.3. The standard InChI is InChI=1S/C25H32FN5O/c1-25(2)18-7-6-17(22(25)14-18)16-30-12-9-21(10-13-30)31-23(8-11-27-31)29-24(32)28-20-5-3-4-19(26)15-20/h3-6,8,11,15,18,21-22H,7,9-10,12-14,16H2,1-2H3,(H2,28,29,32)/t18-,22-/m0/s1. The number of urea groups is 1. The monoisotopic (exact) mass is 437 g/mol. The summed E-state index contributed by atoms with van der Waals surface area (Å²) in [5.74, 6) is 1.92. The minimum absolute atomic E-state index is 0.260. The number of hydrogen-bond acceptors (Lipinski definition) is 3. The zero-order valence-corrected chi connectivity index (χ0v) is 18.9. The quantitative estimate of drug-likeness (QED) is 0.625. The van der Waals surface area contributed by atoms with Crippen molar-refractivity contribution in [2.45, 2.75) is 45.6 Å². The van der Waals surface area contributed by atoms with Gasteiger partial charge in [0.25, 0.3) is 0 Å². The molecular formula is C25H32FN5O. The molecule has 170 valence electrons. The van der Waals surface area contributed by atoms with Crippen LogP contribution >= 0.6 is 0 Å². The van der Waals surface area contributed by atoms with Crippen LogP contribution in [0.15, 0.2) is 48.2 Å². The Morgan fingerprint density at radius 1 is 1.22 bits per heavy atom. The summed E-state index contributed by atoms with van der Waals surface area (Å²) >= 11 is 0. The van der Waals surface area contributed by atoms with Crippen molar-refractivity contribution >= 4 is 17.5 Å². The number of hydrogen-bond donors (Lipinski definition) is 2. The van der Waals surface area contributed by atoms with Gasteiger partial charge in [-0.25, -0.2) is 13.9 Å². The number of halogens is 1. The minimum Gasteiger partial charge on any atom is -0.308 e. The zero-order valence-electron chi connectivity index (χ0n) is 18.9. The van der Waals surface area contributed by atoms with E-state index in [9.17, 15) is 9.18 Å². The Balaban J connectivity index is 1.15. The molecule has 1 saturated carbocycles. The summed E-state index contributed by atoms with van der Waals surface area (Å²) in [6, 6.07) is 7.52. The Morgan fingerprint density at radius 3 is 2.75 bits per heavy atom. The molecule has 2 fully saturated rings. The van der Waals surface area contributed by atoms with E-state index >= 15 is 0 Å². The molecule has 6 nitrogen and oxygen atoms in total. The number of nitrogens with one attached hydrogen (secondary N) is 2. The highest BCUT2D eigenvalue weighted by atomic mass is 19.1. The number of amides is 2. The maximum atomic E-state index is 13.3. The van der Waals surface area contributed by atoms with Crippen molar-refractivity contribution in [1.82, 2.24) is 14.7 Å². The predicted octanol–water partition coefficient (Wildman–Crippen LogP) is 5.30. The van der Waals surface area contributed by atoms with Crippen LogP contribution in [0.5, 0.6) is 0 Å². The molecular weight excluding hydrogens is 405 g/mol. The lowest BCUT2D eigenvalue weighted by Crippen LogP contribution is -2.50. The molecule has 2 bridgehead atoms. The molecule has 6 rings (SSSR count). The Kier molecular flexibility index (Phi) is 5.53. The first-order valence-corrected chi connectivity index (χ1v) is 11.7. The summed E-state index contributed by atoms with van der Waals surface area (Å²) in [7, 11) is 0. The minimum atomic E-state index is -0.402. The summed E-state index contributed by atoms with van der Waals surface area (Å²) in [6.45, 7) is 8.03. The molecule has 0 radical (unpaired) electrons. The van der Waals surface area contributed by atoms with Crippen LogP contribution in [0.2, 0.25) is 0 Å². The first-order chi connectivity index (χ1) is 15.4. The molecule has 0 unspecified atom stereocenters. The zero-order chi connectivity index (χ0) is 22.3. The van der Waals surface area contributed by atoms with Crippen molar-refractivity contribution in [2.75, 3.05) is 30.3 Å². The molecule has 1 saturated heterocycles. The van der Waals surface area contributed by atoms with E-state index in [4.69, 9.17) is 0 Å². The highest BCUT2D eigenvalue weighted by Crippen LogP contribution is 2.59. The van der Waals surface area contributed by atoms with Gasteiger partial charge in [-0.2, -0.15) is 5.10 Å². The SMILES string of the molecule is CC1(C)[C@H]2CC=C(CN3CCC(n4nccc4NC(=O)Nc4cccc(F)c4)CC3)[C@@H]1C2. The van der Waals surface area contributed by atoms with Gasteiger partial charge in [-0.15, -0.1) is 0 Å². The molecule has 2 N–H and O–H groups in total. The molecule has 7 heteroatoms. The van der Waals surface area contributed by atoms with Gasteiger partial charge in [0.2, 0.25) is 0 Å². The van der Waals surface area contributed by atoms with Gasteiger partial charge in [-0.3, -0.25) is 10.2 Å². The van der Waals surface area contributed by atoms with Crippen molar-refractivity contribution in [2.24, 2.45) is 17.3 Å². The summed E-state index contributed by atoms with van der Waals surface area (Å²) < 4.78 is 15.3. The number of carbonyl (C=O) groups excluding carboxylic acids is 1. The van der Waals surface area contributed by atoms with Crippen LogP contribution in [0, 0.1) is 23.1 Å². The Bertz CT molecular complexity index is 1020. The van der Waals surface area contributed by atoms with E-state index in [1.807, 2.05) is 4.68 Å². The Labute approximate surface area is 188 Å². The van der Waals surface area contributed by atoms with Crippen LogP contribution in [0.25, 0.3) is 0 Å². The van der Waals surface area contributed by atoms with Gasteiger partial charge in [0.15, 0.2) is 0 Å². The molecule has 32 heavy (non-hydrogen) atoms. The fourth-order valence-corrected chi connectivity index (χ4v) is 5.79. The topological polar surface area (TPSA) is 62.2 Å². The molecule has 4 aliphatic rings. The van der Waals surface area contributed by atoms with Crippen molar-refractivity contribution in [3.8, 4) is 0 Å². The van der Waals surface area contributed by atoms with Gasteiger partial charge in [0.05, 0.1) is 12.2 Å². The van der Waals surface area contributed by atoms with Crippen LogP contribution in [-0.2, 0) is 0 Å². The van der Waals surface area contributed by atoms with Gasteiger partial charge < -0.3 is 5.32 Å². The second-order valence-corrected chi connectivity index (χ2v) is 10.1. The lowest BCUT2D eigenvalue weighted by molar-refractivity contribution is -0.0115. The van der Waals surface area contributed by atoms with Crippen LogP contribution in [-0.4, -0.2) is 40.3 Å². The van der Waals surface area contributed by atoms with E-state index < -0.39 is 6.03 Å². The molecule has 2 heterocycles. The van der Waals surface area contributed by atoms with E-state index in [-0.39, 0.29) is 11.9 Å². The smallest absolute Gasteiger partial charge is 0.308 e. The molecule has 0 spiro atoms. The second kappa shape index (κ2) is 8.35. The van der Waals surface area contributed by atoms with Crippen molar-refractivity contribution in [3.63, 3.8) is 0 Å². The number of aromatic nitrogens is 2. The third-order valence-corrected chi connectivity index (χ3v) is 7.89. The lowest BCUT2D eigenvalue weighted by atomic mass is 9.49. The fraction of sp³-hybridized carbons (Fsp3) is 0.520. The highest BCUT2D eigenvalue weighted by molar-refractivity contribution is 5.99. The van der Waals surface area contributed by atoms with E-state index in [0.29, 0.717) is 16.9 Å². The van der Waals surface area contributed by atoms with Gasteiger partial charge in [0.1, 0.15) is 11.6 Å². The summed E-state index contributed by atoms with van der Waals surface area (Å²) in [5.41, 5.74) is 2.54. The van der Waals surface area contributed by atoms with Crippen molar-refractivity contribution in [1.29, 1.82) is 0 Å². The number of anilines is 2. The van der Waals surface area contributed by atoms with Gasteiger partial charge in [-0.1, -0.05) is 31.6 Å². The molecule has 1 aromatic carbocycles. The van der Waals surface area contributed by atoms with Crippen molar-refractivity contribution < 1.29 is 9.18 Å². The molecule has 2 atom stereocenters. The fourth-order valence-electron chi connectivity index (χ4n) is 5.79. The third kappa shape index (κ3) is 4.06. The summed E-state index contributed by atoms with van der Waals surface area (Å²) in [5, 5.41) is 10.0. The number of rotatable bonds is 5. The maximum Gasteiger partial charge on any atom is 0.324 e. The largest absolute Gasteiger partial charge is 0.324 e. The number of piperidine rings is 1. The predicted molar refractivity (Wildman–Crippen MR) is 124 cm³/mol. The van der Waals surface area contributed by atoms with E-state index in [0.717, 1.165) is 44.3 Å². The normalized spacial score (nSPS) is 25.0. The molecule has 2 amide bonds. The average Bonchev–Trinajstić information content (AvgIpc) is 3.22. The van der Waals surface area contributed by atoms with E-state index in [2.05, 4.69) is 40.6 Å². The van der Waals surface area contributed by atoms with Gasteiger partial charge >= 0.3 is 6.03 Å². The number of fused-ring (bicyclic) bond motifs is 1. The van der Waals surface area contributed by atoms with Crippen LogP contribution in [0.1, 0.15) is 45.6 Å². The molecule has 1 aliphatic heterocycles. The molecule has 2 aromatic rings. The number of carbonyl (C=O) groups is 1. The first-order valence-electron chi connectivity index (χ1n) is 11.7. The van der Waals surface area contributed by atoms with Crippen LogP contribution in [0.3, 0.4) is 0 Å². The Morgan fingerprint density at radius 2 is 2.03 bits per heavy atom. The highest BCUT2D eigenvalue weighted by Gasteiger charge is 2.51. The first kappa shape index (κ1) is 21.2. The van der Waals surface area contributed by atoms with Gasteiger partial charge in [-0.05, 0) is 61.1 Å². The summed E-state index contributed by atoms with van der Waals surface area (Å²) in [4.78, 5) is 15.0. The number of allylic oxidation sites excluding steroid dienone is 1. The lowest BCUT2D eigenvalue weighted by Gasteiger charge is -2.57. The second-order valence-electron chi connectivity index (χ2n) is 10.1.